The molecule has 2 aliphatic rings. The van der Waals surface area contributed by atoms with E-state index in [0.717, 1.165) is 46.8 Å². The number of halogens is 1. The molecule has 136 valence electrons. The number of ether oxygens (including phenoxy) is 1. The quantitative estimate of drug-likeness (QED) is 0.667. The summed E-state index contributed by atoms with van der Waals surface area (Å²) in [5.74, 6) is 0.0410. The third-order valence-corrected chi connectivity index (χ3v) is 5.42. The van der Waals surface area contributed by atoms with E-state index in [0.29, 0.717) is 6.61 Å². The van der Waals surface area contributed by atoms with Gasteiger partial charge in [-0.15, -0.1) is 0 Å². The van der Waals surface area contributed by atoms with Gasteiger partial charge in [0.15, 0.2) is 0 Å². The maximum atomic E-state index is 12.8. The molecule has 1 aromatic rings. The summed E-state index contributed by atoms with van der Waals surface area (Å²) in [4.78, 5) is 12.8. The van der Waals surface area contributed by atoms with Crippen molar-refractivity contribution < 1.29 is 14.6 Å². The number of hydrogen-bond donors (Lipinski definition) is 2. The minimum absolute atomic E-state index is 0.0410. The number of fused-ring (bicyclic) bond motifs is 1. The summed E-state index contributed by atoms with van der Waals surface area (Å²) < 4.78 is 6.88. The van der Waals surface area contributed by atoms with Crippen LogP contribution in [-0.2, 0) is 11.2 Å². The lowest BCUT2D eigenvalue weighted by Crippen LogP contribution is -2.40. The fraction of sp³-hybridized carbons (Fsp3) is 0.550. The van der Waals surface area contributed by atoms with Gasteiger partial charge in [-0.05, 0) is 91.8 Å². The maximum absolute atomic E-state index is 12.8. The first-order valence-corrected chi connectivity index (χ1v) is 10.0. The molecule has 25 heavy (non-hydrogen) atoms. The zero-order valence-electron chi connectivity index (χ0n) is 14.8. The summed E-state index contributed by atoms with van der Waals surface area (Å²) in [5.41, 5.74) is 2.33. The first-order valence-electron chi connectivity index (χ1n) is 8.95. The van der Waals surface area contributed by atoms with Gasteiger partial charge in [0.1, 0.15) is 0 Å². The number of aliphatic hydroxyl groups is 1. The lowest BCUT2D eigenvalue weighted by Gasteiger charge is -2.31. The van der Waals surface area contributed by atoms with Gasteiger partial charge in [-0.25, -0.2) is 0 Å². The Morgan fingerprint density at radius 3 is 2.72 bits per heavy atom. The van der Waals surface area contributed by atoms with Crippen molar-refractivity contribution in [3.8, 4) is 0 Å². The molecule has 5 heteroatoms. The smallest absolute Gasteiger partial charge is 0.251 e. The van der Waals surface area contributed by atoms with E-state index < -0.39 is 5.60 Å². The van der Waals surface area contributed by atoms with Crippen molar-refractivity contribution in [2.24, 2.45) is 0 Å². The molecule has 2 N–H and O–H groups in total. The number of carbonyl (C=O) groups excluding carboxylic acids is 1. The van der Waals surface area contributed by atoms with Gasteiger partial charge in [0.25, 0.3) is 5.91 Å². The highest BCUT2D eigenvalue weighted by atomic mass is 127. The zero-order valence-corrected chi connectivity index (χ0v) is 17.0. The highest BCUT2D eigenvalue weighted by Gasteiger charge is 2.26. The van der Waals surface area contributed by atoms with Crippen molar-refractivity contribution in [3.05, 3.63) is 38.5 Å². The Morgan fingerprint density at radius 1 is 1.32 bits per heavy atom. The largest absolute Gasteiger partial charge is 0.388 e. The molecule has 2 aliphatic carbocycles. The summed E-state index contributed by atoms with van der Waals surface area (Å²) in [6.45, 7) is 3.87. The maximum Gasteiger partial charge on any atom is 0.251 e. The number of hydrogen-bond acceptors (Lipinski definition) is 3. The number of rotatable bonds is 5. The standard InChI is InChI=1S/C20H26INO3/c1-20(2,24)12-25-16-8-6-15(7-9-16)22-19(23)18-11-14(21)10-13-4-3-5-17(13)18/h3-4,10-11,15-16,24H,5-9,12H2,1-2H3,(H,22,23). The average molecular weight is 455 g/mol. The van der Waals surface area contributed by atoms with E-state index in [9.17, 15) is 9.90 Å². The summed E-state index contributed by atoms with van der Waals surface area (Å²) in [7, 11) is 0. The second-order valence-electron chi connectivity index (χ2n) is 7.70. The second kappa shape index (κ2) is 7.76. The Bertz CT molecular complexity index is 670. The van der Waals surface area contributed by atoms with Crippen LogP contribution in [0.1, 0.15) is 61.0 Å². The number of carbonyl (C=O) groups is 1. The molecule has 0 saturated heterocycles. The molecule has 0 bridgehead atoms. The van der Waals surface area contributed by atoms with Gasteiger partial charge in [-0.3, -0.25) is 4.79 Å². The molecule has 1 fully saturated rings. The van der Waals surface area contributed by atoms with Gasteiger partial charge in [0.05, 0.1) is 18.3 Å². The van der Waals surface area contributed by atoms with E-state index in [2.05, 4.69) is 46.1 Å². The molecule has 1 aromatic carbocycles. The molecule has 0 aliphatic heterocycles. The van der Waals surface area contributed by atoms with Gasteiger partial charge >= 0.3 is 0 Å². The predicted molar refractivity (Wildman–Crippen MR) is 108 cm³/mol. The Balaban J connectivity index is 1.54. The van der Waals surface area contributed by atoms with Crippen LogP contribution < -0.4 is 5.32 Å². The predicted octanol–water partition coefficient (Wildman–Crippen LogP) is 3.69. The molecule has 0 aromatic heterocycles. The van der Waals surface area contributed by atoms with Crippen molar-refractivity contribution in [2.75, 3.05) is 6.61 Å². The first-order chi connectivity index (χ1) is 11.8. The van der Waals surface area contributed by atoms with Crippen LogP contribution in [0.2, 0.25) is 0 Å². The monoisotopic (exact) mass is 455 g/mol. The number of nitrogens with one attached hydrogen (secondary N) is 1. The van der Waals surface area contributed by atoms with Gasteiger partial charge in [-0.2, -0.15) is 0 Å². The molecule has 4 nitrogen and oxygen atoms in total. The summed E-state index contributed by atoms with van der Waals surface area (Å²) in [6, 6.07) is 4.32. The summed E-state index contributed by atoms with van der Waals surface area (Å²) >= 11 is 2.27. The molecular weight excluding hydrogens is 429 g/mol. The Kier molecular flexibility index (Phi) is 5.85. The normalized spacial score (nSPS) is 22.7. The van der Waals surface area contributed by atoms with Crippen LogP contribution in [0, 0.1) is 3.57 Å². The van der Waals surface area contributed by atoms with E-state index in [-0.39, 0.29) is 18.1 Å². The van der Waals surface area contributed by atoms with Crippen LogP contribution >= 0.6 is 22.6 Å². The number of allylic oxidation sites excluding steroid dienone is 1. The molecular formula is C20H26INO3. The van der Waals surface area contributed by atoms with E-state index in [1.54, 1.807) is 13.8 Å². The highest BCUT2D eigenvalue weighted by Crippen LogP contribution is 2.27. The van der Waals surface area contributed by atoms with Gasteiger partial charge in [0, 0.05) is 15.2 Å². The first kappa shape index (κ1) is 18.9. The van der Waals surface area contributed by atoms with E-state index >= 15 is 0 Å². The van der Waals surface area contributed by atoms with Crippen LogP contribution in [0.25, 0.3) is 6.08 Å². The Labute approximate surface area is 163 Å². The topological polar surface area (TPSA) is 58.6 Å². The minimum atomic E-state index is -0.788. The molecule has 3 rings (SSSR count). The molecule has 1 amide bonds. The van der Waals surface area contributed by atoms with Crippen LogP contribution in [-0.4, -0.2) is 35.4 Å². The molecule has 0 atom stereocenters. The van der Waals surface area contributed by atoms with Crippen molar-refractivity contribution in [3.63, 3.8) is 0 Å². The van der Waals surface area contributed by atoms with Crippen LogP contribution in [0.3, 0.4) is 0 Å². The summed E-state index contributed by atoms with van der Waals surface area (Å²) in [5, 5.41) is 13.0. The van der Waals surface area contributed by atoms with E-state index in [1.165, 1.54) is 5.56 Å². The van der Waals surface area contributed by atoms with Crippen molar-refractivity contribution >= 4 is 34.6 Å². The Hall–Kier alpha value is -0.920. The van der Waals surface area contributed by atoms with Crippen LogP contribution in [0.5, 0.6) is 0 Å². The summed E-state index contributed by atoms with van der Waals surface area (Å²) in [6.07, 6.45) is 8.93. The fourth-order valence-corrected chi connectivity index (χ4v) is 4.15. The molecule has 0 spiro atoms. The highest BCUT2D eigenvalue weighted by molar-refractivity contribution is 14.1. The van der Waals surface area contributed by atoms with Crippen LogP contribution in [0.4, 0.5) is 0 Å². The van der Waals surface area contributed by atoms with Gasteiger partial charge in [-0.1, -0.05) is 12.2 Å². The number of benzene rings is 1. The van der Waals surface area contributed by atoms with Crippen molar-refractivity contribution in [1.29, 1.82) is 0 Å². The van der Waals surface area contributed by atoms with Gasteiger partial charge < -0.3 is 15.2 Å². The lowest BCUT2D eigenvalue weighted by atomic mass is 9.92. The van der Waals surface area contributed by atoms with E-state index in [1.807, 2.05) is 6.07 Å². The molecule has 0 heterocycles. The fourth-order valence-electron chi connectivity index (χ4n) is 3.50. The van der Waals surface area contributed by atoms with Crippen LogP contribution in [0.15, 0.2) is 18.2 Å². The number of amides is 1. The minimum Gasteiger partial charge on any atom is -0.388 e. The lowest BCUT2D eigenvalue weighted by molar-refractivity contribution is -0.0640. The zero-order chi connectivity index (χ0) is 18.0. The third kappa shape index (κ3) is 5.05. The van der Waals surface area contributed by atoms with Crippen molar-refractivity contribution in [2.45, 2.75) is 63.7 Å². The average Bonchev–Trinajstić information content (AvgIpc) is 3.00. The Morgan fingerprint density at radius 2 is 2.04 bits per heavy atom. The third-order valence-electron chi connectivity index (χ3n) is 4.79. The molecule has 1 saturated carbocycles. The second-order valence-corrected chi connectivity index (χ2v) is 8.94. The molecule has 0 radical (unpaired) electrons. The molecule has 0 unspecified atom stereocenters. The van der Waals surface area contributed by atoms with Gasteiger partial charge in [0.2, 0.25) is 0 Å². The SMILES string of the molecule is CC(C)(O)COC1CCC(NC(=O)c2cc(I)cc3c2CC=C3)CC1. The van der Waals surface area contributed by atoms with Crippen molar-refractivity contribution in [1.82, 2.24) is 5.32 Å². The van der Waals surface area contributed by atoms with E-state index in [4.69, 9.17) is 4.74 Å².